The van der Waals surface area contributed by atoms with E-state index in [9.17, 15) is 9.18 Å². The summed E-state index contributed by atoms with van der Waals surface area (Å²) < 4.78 is 19.1. The van der Waals surface area contributed by atoms with E-state index in [4.69, 9.17) is 4.74 Å². The van der Waals surface area contributed by atoms with E-state index >= 15 is 0 Å². The third kappa shape index (κ3) is 1.95. The topological polar surface area (TPSA) is 42.1 Å². The Labute approximate surface area is 114 Å². The van der Waals surface area contributed by atoms with Gasteiger partial charge in [-0.3, -0.25) is 4.79 Å². The fourth-order valence-corrected chi connectivity index (χ4v) is 2.24. The van der Waals surface area contributed by atoms with Crippen molar-refractivity contribution in [1.29, 1.82) is 0 Å². The molecule has 100 valence electrons. The molecule has 0 fully saturated rings. The molecule has 0 aliphatic carbocycles. The number of halogens is 1. The van der Waals surface area contributed by atoms with Gasteiger partial charge >= 0.3 is 0 Å². The zero-order valence-electron chi connectivity index (χ0n) is 10.8. The number of nitrogens with one attached hydrogen (secondary N) is 1. The van der Waals surface area contributed by atoms with Gasteiger partial charge in [0, 0.05) is 11.8 Å². The Kier molecular flexibility index (Phi) is 2.99. The van der Waals surface area contributed by atoms with Crippen LogP contribution in [-0.4, -0.2) is 12.1 Å². The molecule has 3 rings (SSSR count). The van der Waals surface area contributed by atoms with E-state index in [2.05, 4.69) is 4.98 Å². The molecule has 3 nitrogen and oxygen atoms in total. The number of aromatic nitrogens is 1. The van der Waals surface area contributed by atoms with Gasteiger partial charge in [-0.15, -0.1) is 0 Å². The molecule has 2 aromatic carbocycles. The van der Waals surface area contributed by atoms with Gasteiger partial charge in [0.2, 0.25) is 0 Å². The summed E-state index contributed by atoms with van der Waals surface area (Å²) >= 11 is 0. The van der Waals surface area contributed by atoms with Crippen molar-refractivity contribution in [2.24, 2.45) is 0 Å². The molecule has 0 saturated carbocycles. The normalized spacial score (nSPS) is 10.7. The van der Waals surface area contributed by atoms with Crippen LogP contribution in [0, 0.1) is 5.82 Å². The highest BCUT2D eigenvalue weighted by Gasteiger charge is 2.12. The van der Waals surface area contributed by atoms with E-state index in [1.54, 1.807) is 0 Å². The van der Waals surface area contributed by atoms with Gasteiger partial charge in [-0.2, -0.15) is 0 Å². The number of rotatable bonds is 2. The number of ether oxygens (including phenoxy) is 1. The second-order valence-electron chi connectivity index (χ2n) is 4.41. The van der Waals surface area contributed by atoms with Gasteiger partial charge < -0.3 is 9.72 Å². The summed E-state index contributed by atoms with van der Waals surface area (Å²) in [5.41, 5.74) is 1.30. The number of hydrogen-bond donors (Lipinski definition) is 1. The molecular formula is C16H12FNO2. The largest absolute Gasteiger partial charge is 0.496 e. The van der Waals surface area contributed by atoms with Crippen LogP contribution in [0.1, 0.15) is 0 Å². The molecule has 0 amide bonds. The van der Waals surface area contributed by atoms with Crippen molar-refractivity contribution >= 4 is 10.9 Å². The van der Waals surface area contributed by atoms with Crippen LogP contribution < -0.4 is 10.2 Å². The Morgan fingerprint density at radius 2 is 1.85 bits per heavy atom. The molecule has 0 radical (unpaired) electrons. The van der Waals surface area contributed by atoms with Crippen molar-refractivity contribution in [2.45, 2.75) is 0 Å². The summed E-state index contributed by atoms with van der Waals surface area (Å²) in [7, 11) is 1.46. The number of hydrogen-bond acceptors (Lipinski definition) is 2. The minimum Gasteiger partial charge on any atom is -0.496 e. The van der Waals surface area contributed by atoms with Gasteiger partial charge in [-0.1, -0.05) is 30.3 Å². The number of aromatic amines is 1. The van der Waals surface area contributed by atoms with E-state index in [-0.39, 0.29) is 16.3 Å². The van der Waals surface area contributed by atoms with Crippen molar-refractivity contribution in [1.82, 2.24) is 4.98 Å². The third-order valence-corrected chi connectivity index (χ3v) is 3.20. The van der Waals surface area contributed by atoms with Crippen LogP contribution in [0.5, 0.6) is 5.75 Å². The average molecular weight is 269 g/mol. The highest BCUT2D eigenvalue weighted by atomic mass is 19.1. The maximum Gasteiger partial charge on any atom is 0.193 e. The zero-order chi connectivity index (χ0) is 14.1. The monoisotopic (exact) mass is 269 g/mol. The van der Waals surface area contributed by atoms with Crippen LogP contribution in [0.4, 0.5) is 4.39 Å². The van der Waals surface area contributed by atoms with Crippen molar-refractivity contribution in [3.63, 3.8) is 0 Å². The van der Waals surface area contributed by atoms with Crippen LogP contribution in [0.2, 0.25) is 0 Å². The minimum absolute atomic E-state index is 0.163. The molecule has 20 heavy (non-hydrogen) atoms. The molecule has 0 atom stereocenters. The lowest BCUT2D eigenvalue weighted by Crippen LogP contribution is -2.06. The van der Waals surface area contributed by atoms with Gasteiger partial charge in [0.05, 0.1) is 18.0 Å². The minimum atomic E-state index is -0.476. The van der Waals surface area contributed by atoms with E-state index in [1.165, 1.54) is 25.3 Å². The van der Waals surface area contributed by atoms with Crippen molar-refractivity contribution in [2.75, 3.05) is 7.11 Å². The van der Waals surface area contributed by atoms with E-state index in [0.29, 0.717) is 11.4 Å². The molecule has 0 bridgehead atoms. The summed E-state index contributed by atoms with van der Waals surface area (Å²) in [4.78, 5) is 15.2. The lowest BCUT2D eigenvalue weighted by molar-refractivity contribution is 0.419. The van der Waals surface area contributed by atoms with E-state index in [1.807, 2.05) is 30.3 Å². The maximum absolute atomic E-state index is 14.0. The average Bonchev–Trinajstić information content (AvgIpc) is 2.49. The Balaban J connectivity index is 2.36. The van der Waals surface area contributed by atoms with Gasteiger partial charge in [0.1, 0.15) is 11.6 Å². The third-order valence-electron chi connectivity index (χ3n) is 3.20. The number of H-pyrrole nitrogens is 1. The van der Waals surface area contributed by atoms with Crippen molar-refractivity contribution < 1.29 is 9.13 Å². The summed E-state index contributed by atoms with van der Waals surface area (Å²) in [5.74, 6) is -0.113. The molecule has 0 aliphatic rings. The summed E-state index contributed by atoms with van der Waals surface area (Å²) in [5, 5.41) is 0.229. The number of fused-ring (bicyclic) bond motifs is 1. The van der Waals surface area contributed by atoms with Crippen LogP contribution in [0.15, 0.2) is 53.3 Å². The van der Waals surface area contributed by atoms with Gasteiger partial charge in [-0.05, 0) is 17.7 Å². The molecule has 0 spiro atoms. The molecule has 0 aliphatic heterocycles. The van der Waals surface area contributed by atoms with Crippen LogP contribution >= 0.6 is 0 Å². The molecule has 0 unspecified atom stereocenters. The Bertz CT molecular complexity index is 825. The highest BCUT2D eigenvalue weighted by molar-refractivity contribution is 5.87. The molecule has 1 heterocycles. The van der Waals surface area contributed by atoms with Crippen LogP contribution in [0.3, 0.4) is 0 Å². The summed E-state index contributed by atoms with van der Waals surface area (Å²) in [6, 6.07) is 13.5. The second-order valence-corrected chi connectivity index (χ2v) is 4.41. The Hall–Kier alpha value is -2.62. The first-order valence-corrected chi connectivity index (χ1v) is 6.15. The highest BCUT2D eigenvalue weighted by Crippen LogP contribution is 2.26. The fourth-order valence-electron chi connectivity index (χ4n) is 2.24. The first kappa shape index (κ1) is 12.4. The van der Waals surface area contributed by atoms with Gasteiger partial charge in [0.15, 0.2) is 5.43 Å². The second kappa shape index (κ2) is 4.81. The van der Waals surface area contributed by atoms with Gasteiger partial charge in [0.25, 0.3) is 0 Å². The van der Waals surface area contributed by atoms with Crippen molar-refractivity contribution in [3.8, 4) is 17.0 Å². The van der Waals surface area contributed by atoms with Crippen LogP contribution in [0.25, 0.3) is 22.2 Å². The fraction of sp³-hybridized carbons (Fsp3) is 0.0625. The van der Waals surface area contributed by atoms with Crippen LogP contribution in [-0.2, 0) is 0 Å². The maximum atomic E-state index is 14.0. The molecular weight excluding hydrogens is 257 g/mol. The smallest absolute Gasteiger partial charge is 0.193 e. The first-order valence-electron chi connectivity index (χ1n) is 6.15. The SMILES string of the molecule is COc1ccc(F)c2[nH]c(-c3ccccc3)cc(=O)c12. The lowest BCUT2D eigenvalue weighted by Gasteiger charge is -2.08. The summed E-state index contributed by atoms with van der Waals surface area (Å²) in [6.07, 6.45) is 0. The molecule has 4 heteroatoms. The quantitative estimate of drug-likeness (QED) is 0.775. The number of methoxy groups -OCH3 is 1. The predicted octanol–water partition coefficient (Wildman–Crippen LogP) is 3.34. The molecule has 1 N–H and O–H groups in total. The molecule has 3 aromatic rings. The number of benzene rings is 2. The standard InChI is InChI=1S/C16H12FNO2/c1-20-14-8-7-11(17)16-15(14)13(19)9-12(18-16)10-5-3-2-4-6-10/h2-9H,1H3,(H,18,19). The first-order chi connectivity index (χ1) is 9.70. The Morgan fingerprint density at radius 1 is 1.10 bits per heavy atom. The molecule has 0 saturated heterocycles. The van der Waals surface area contributed by atoms with Gasteiger partial charge in [-0.25, -0.2) is 4.39 Å². The van der Waals surface area contributed by atoms with E-state index in [0.717, 1.165) is 5.56 Å². The molecule has 1 aromatic heterocycles. The van der Waals surface area contributed by atoms with E-state index < -0.39 is 5.82 Å². The van der Waals surface area contributed by atoms with Crippen molar-refractivity contribution in [3.05, 3.63) is 64.6 Å². The Morgan fingerprint density at radius 3 is 2.55 bits per heavy atom. The lowest BCUT2D eigenvalue weighted by atomic mass is 10.1. The zero-order valence-corrected chi connectivity index (χ0v) is 10.8. The number of pyridine rings is 1. The predicted molar refractivity (Wildman–Crippen MR) is 76.5 cm³/mol. The summed E-state index contributed by atoms with van der Waals surface area (Å²) in [6.45, 7) is 0.